The molecule has 0 fully saturated rings. The van der Waals surface area contributed by atoms with E-state index in [1.165, 1.54) is 0 Å². The van der Waals surface area contributed by atoms with Crippen LogP contribution < -0.4 is 10.1 Å². The lowest BCUT2D eigenvalue weighted by Crippen LogP contribution is -2.32. The molecule has 1 aliphatic rings. The first-order valence-corrected chi connectivity index (χ1v) is 9.80. The highest BCUT2D eigenvalue weighted by Gasteiger charge is 2.33. The first kappa shape index (κ1) is 19.1. The van der Waals surface area contributed by atoms with Gasteiger partial charge in [-0.1, -0.05) is 38.1 Å². The van der Waals surface area contributed by atoms with Crippen LogP contribution in [0, 0.1) is 17.1 Å². The Bertz CT molecular complexity index is 1070. The van der Waals surface area contributed by atoms with Crippen molar-refractivity contribution in [2.75, 3.05) is 12.4 Å². The molecule has 2 atom stereocenters. The van der Waals surface area contributed by atoms with Crippen LogP contribution in [0.4, 0.5) is 10.1 Å². The molecule has 148 valence electrons. The lowest BCUT2D eigenvalue weighted by molar-refractivity contribution is 0.415. The van der Waals surface area contributed by atoms with Crippen LogP contribution in [0.15, 0.2) is 54.9 Å². The molecule has 4 nitrogen and oxygen atoms in total. The third kappa shape index (κ3) is 3.27. The van der Waals surface area contributed by atoms with Crippen LogP contribution in [0.25, 0.3) is 11.1 Å². The molecule has 3 aromatic rings. The SMILES string of the molecule is CCc1cccc(-c2cc(OC)c3c(c2)C(=N)C(C)C(c2cccnc2)N3)c1F. The predicted octanol–water partition coefficient (Wildman–Crippen LogP) is 5.63. The molecule has 5 heteroatoms. The number of nitrogens with one attached hydrogen (secondary N) is 2. The highest BCUT2D eigenvalue weighted by molar-refractivity contribution is 6.09. The maximum absolute atomic E-state index is 15.0. The minimum atomic E-state index is -0.214. The van der Waals surface area contributed by atoms with Crippen molar-refractivity contribution in [1.29, 1.82) is 5.41 Å². The number of hydrogen-bond acceptors (Lipinski definition) is 4. The summed E-state index contributed by atoms with van der Waals surface area (Å²) in [5.41, 5.74) is 4.95. The fraction of sp³-hybridized carbons (Fsp3) is 0.250. The zero-order valence-corrected chi connectivity index (χ0v) is 16.8. The van der Waals surface area contributed by atoms with Gasteiger partial charge >= 0.3 is 0 Å². The molecule has 1 aromatic heterocycles. The van der Waals surface area contributed by atoms with Gasteiger partial charge in [-0.15, -0.1) is 0 Å². The van der Waals surface area contributed by atoms with Gasteiger partial charge in [0.2, 0.25) is 0 Å². The summed E-state index contributed by atoms with van der Waals surface area (Å²) in [7, 11) is 1.60. The van der Waals surface area contributed by atoms with Crippen LogP contribution in [0.2, 0.25) is 0 Å². The average Bonchev–Trinajstić information content (AvgIpc) is 2.76. The van der Waals surface area contributed by atoms with Gasteiger partial charge in [-0.2, -0.15) is 0 Å². The first-order chi connectivity index (χ1) is 14.0. The van der Waals surface area contributed by atoms with E-state index in [-0.39, 0.29) is 17.8 Å². The predicted molar refractivity (Wildman–Crippen MR) is 114 cm³/mol. The molecule has 2 aromatic carbocycles. The number of pyridine rings is 1. The van der Waals surface area contributed by atoms with E-state index in [9.17, 15) is 4.39 Å². The summed E-state index contributed by atoms with van der Waals surface area (Å²) in [6.07, 6.45) is 4.18. The van der Waals surface area contributed by atoms with Gasteiger partial charge in [0.25, 0.3) is 0 Å². The molecular weight excluding hydrogens is 365 g/mol. The van der Waals surface area contributed by atoms with Gasteiger partial charge in [-0.3, -0.25) is 4.98 Å². The molecular formula is C24H24FN3O. The monoisotopic (exact) mass is 389 g/mol. The van der Waals surface area contributed by atoms with Crippen molar-refractivity contribution in [3.05, 3.63) is 77.4 Å². The standard InChI is InChI=1S/C24H24FN3O/c1-4-15-7-5-9-18(21(15)25)17-11-19-22(26)14(2)23(16-8-6-10-27-13-16)28-24(19)20(12-17)29-3/h5-14,23,26,28H,4H2,1-3H3. The highest BCUT2D eigenvalue weighted by atomic mass is 19.1. The number of ether oxygens (including phenoxy) is 1. The molecule has 29 heavy (non-hydrogen) atoms. The molecule has 0 saturated heterocycles. The highest BCUT2D eigenvalue weighted by Crippen LogP contribution is 2.44. The van der Waals surface area contributed by atoms with Gasteiger partial charge in [0.05, 0.1) is 18.8 Å². The fourth-order valence-electron chi connectivity index (χ4n) is 3.99. The van der Waals surface area contributed by atoms with Crippen molar-refractivity contribution in [3.8, 4) is 16.9 Å². The van der Waals surface area contributed by atoms with Crippen molar-refractivity contribution in [1.82, 2.24) is 4.98 Å². The van der Waals surface area contributed by atoms with E-state index < -0.39 is 0 Å². The summed E-state index contributed by atoms with van der Waals surface area (Å²) in [6, 6.07) is 13.0. The zero-order valence-electron chi connectivity index (χ0n) is 16.8. The van der Waals surface area contributed by atoms with Crippen molar-refractivity contribution in [3.63, 3.8) is 0 Å². The lowest BCUT2D eigenvalue weighted by atomic mass is 9.82. The van der Waals surface area contributed by atoms with Gasteiger partial charge in [0.15, 0.2) is 0 Å². The Hall–Kier alpha value is -3.21. The molecule has 2 heterocycles. The number of nitrogens with zero attached hydrogens (tertiary/aromatic N) is 1. The second-order valence-corrected chi connectivity index (χ2v) is 7.34. The second-order valence-electron chi connectivity index (χ2n) is 7.34. The van der Waals surface area contributed by atoms with Crippen LogP contribution in [0.3, 0.4) is 0 Å². The van der Waals surface area contributed by atoms with E-state index >= 15 is 0 Å². The summed E-state index contributed by atoms with van der Waals surface area (Å²) in [5.74, 6) is 0.316. The van der Waals surface area contributed by atoms with E-state index in [2.05, 4.69) is 10.3 Å². The van der Waals surface area contributed by atoms with E-state index in [0.29, 0.717) is 34.6 Å². The Morgan fingerprint density at radius 2 is 2.00 bits per heavy atom. The van der Waals surface area contributed by atoms with Crippen LogP contribution in [0.5, 0.6) is 5.75 Å². The maximum atomic E-state index is 15.0. The Kier molecular flexibility index (Phi) is 5.05. The zero-order chi connectivity index (χ0) is 20.5. The Morgan fingerprint density at radius 1 is 1.17 bits per heavy atom. The molecule has 0 saturated carbocycles. The summed E-state index contributed by atoms with van der Waals surface area (Å²) in [6.45, 7) is 3.96. The van der Waals surface area contributed by atoms with Gasteiger partial charge in [-0.25, -0.2) is 4.39 Å². The number of halogens is 1. The number of hydrogen-bond donors (Lipinski definition) is 2. The minimum Gasteiger partial charge on any atom is -0.495 e. The maximum Gasteiger partial charge on any atom is 0.143 e. The van der Waals surface area contributed by atoms with Gasteiger partial charge in [0.1, 0.15) is 11.6 Å². The third-order valence-corrected chi connectivity index (χ3v) is 5.68. The number of benzene rings is 2. The van der Waals surface area contributed by atoms with Crippen molar-refractivity contribution >= 4 is 11.4 Å². The summed E-state index contributed by atoms with van der Waals surface area (Å²) >= 11 is 0. The topological polar surface area (TPSA) is 58.0 Å². The molecule has 0 radical (unpaired) electrons. The smallest absolute Gasteiger partial charge is 0.143 e. The molecule has 0 spiro atoms. The molecule has 4 rings (SSSR count). The van der Waals surface area contributed by atoms with Crippen molar-refractivity contribution in [2.45, 2.75) is 26.3 Å². The number of aromatic nitrogens is 1. The fourth-order valence-corrected chi connectivity index (χ4v) is 3.99. The second kappa shape index (κ2) is 7.66. The Balaban J connectivity index is 1.84. The van der Waals surface area contributed by atoms with Gasteiger partial charge in [-0.05, 0) is 41.3 Å². The molecule has 2 unspecified atom stereocenters. The van der Waals surface area contributed by atoms with E-state index in [1.54, 1.807) is 25.4 Å². The number of fused-ring (bicyclic) bond motifs is 1. The number of anilines is 1. The summed E-state index contributed by atoms with van der Waals surface area (Å²) in [5, 5.41) is 12.3. The van der Waals surface area contributed by atoms with Crippen molar-refractivity contribution < 1.29 is 9.13 Å². The molecule has 0 bridgehead atoms. The molecule has 0 amide bonds. The van der Waals surface area contributed by atoms with Crippen LogP contribution in [-0.2, 0) is 6.42 Å². The summed E-state index contributed by atoms with van der Waals surface area (Å²) in [4.78, 5) is 4.21. The first-order valence-electron chi connectivity index (χ1n) is 9.80. The third-order valence-electron chi connectivity index (χ3n) is 5.68. The molecule has 2 N–H and O–H groups in total. The number of methoxy groups -OCH3 is 1. The molecule has 0 aliphatic carbocycles. The average molecular weight is 389 g/mol. The van der Waals surface area contributed by atoms with E-state index in [4.69, 9.17) is 10.1 Å². The molecule has 1 aliphatic heterocycles. The van der Waals surface area contributed by atoms with E-state index in [0.717, 1.165) is 16.8 Å². The Labute approximate surface area is 170 Å². The van der Waals surface area contributed by atoms with Crippen LogP contribution >= 0.6 is 0 Å². The minimum absolute atomic E-state index is 0.0709. The number of rotatable bonds is 4. The summed E-state index contributed by atoms with van der Waals surface area (Å²) < 4.78 is 20.6. The normalized spacial score (nSPS) is 18.1. The van der Waals surface area contributed by atoms with E-state index in [1.807, 2.05) is 50.4 Å². The van der Waals surface area contributed by atoms with Crippen molar-refractivity contribution in [2.24, 2.45) is 5.92 Å². The van der Waals surface area contributed by atoms with Crippen LogP contribution in [0.1, 0.15) is 36.6 Å². The largest absolute Gasteiger partial charge is 0.495 e. The quantitative estimate of drug-likeness (QED) is 0.608. The Morgan fingerprint density at radius 3 is 2.69 bits per heavy atom. The van der Waals surface area contributed by atoms with Gasteiger partial charge in [0, 0.05) is 35.2 Å². The lowest BCUT2D eigenvalue weighted by Gasteiger charge is -2.34. The van der Waals surface area contributed by atoms with Gasteiger partial charge < -0.3 is 15.5 Å². The number of aryl methyl sites for hydroxylation is 1. The van der Waals surface area contributed by atoms with Crippen LogP contribution in [-0.4, -0.2) is 17.8 Å².